The summed E-state index contributed by atoms with van der Waals surface area (Å²) in [7, 11) is 1.75. The van der Waals surface area contributed by atoms with Crippen molar-refractivity contribution >= 4 is 32.7 Å². The number of fused-ring (bicyclic) bond motifs is 1. The zero-order chi connectivity index (χ0) is 21.4. The van der Waals surface area contributed by atoms with Crippen molar-refractivity contribution < 1.29 is 9.53 Å². The van der Waals surface area contributed by atoms with Crippen LogP contribution in [-0.2, 0) is 23.1 Å². The number of carbonyl (C=O) groups is 1. The molecule has 0 bridgehead atoms. The molecule has 2 aromatic heterocycles. The Morgan fingerprint density at radius 3 is 2.87 bits per heavy atom. The van der Waals surface area contributed by atoms with Crippen LogP contribution in [0.4, 0.5) is 5.13 Å². The number of hydrogen-bond acceptors (Lipinski definition) is 7. The molecule has 0 aliphatic carbocycles. The number of nitrogens with zero attached hydrogens (tertiary/aromatic N) is 4. The molecule has 8 nitrogen and oxygen atoms in total. The minimum atomic E-state index is -0.282. The summed E-state index contributed by atoms with van der Waals surface area (Å²) >= 11 is 1.40. The number of amides is 1. The van der Waals surface area contributed by atoms with Crippen LogP contribution >= 0.6 is 11.3 Å². The lowest BCUT2D eigenvalue weighted by atomic mass is 10.1. The topological polar surface area (TPSA) is 89.3 Å². The molecule has 162 valence electrons. The van der Waals surface area contributed by atoms with Crippen molar-refractivity contribution in [3.63, 3.8) is 0 Å². The number of carbonyl (C=O) groups excluding carboxylic acids is 1. The Kier molecular flexibility index (Phi) is 5.45. The van der Waals surface area contributed by atoms with Gasteiger partial charge in [-0.25, -0.2) is 9.97 Å². The first-order chi connectivity index (χ1) is 15.1. The third-order valence-electron chi connectivity index (χ3n) is 6.07. The van der Waals surface area contributed by atoms with E-state index in [1.807, 2.05) is 35.2 Å². The van der Waals surface area contributed by atoms with Gasteiger partial charge < -0.3 is 15.0 Å². The Bertz CT molecular complexity index is 1150. The van der Waals surface area contributed by atoms with Crippen LogP contribution in [0.25, 0.3) is 10.3 Å². The first-order valence-corrected chi connectivity index (χ1v) is 11.5. The highest BCUT2D eigenvalue weighted by Gasteiger charge is 2.33. The summed E-state index contributed by atoms with van der Waals surface area (Å²) in [6, 6.07) is 9.59. The Balaban J connectivity index is 1.39. The highest BCUT2D eigenvalue weighted by molar-refractivity contribution is 7.21. The molecule has 4 heterocycles. The normalized spacial score (nSPS) is 21.1. The maximum Gasteiger partial charge on any atom is 0.280 e. The number of anilines is 1. The number of aromatic nitrogens is 3. The minimum absolute atomic E-state index is 0.00901. The molecule has 1 amide bonds. The maximum atomic E-state index is 12.9. The van der Waals surface area contributed by atoms with Crippen LogP contribution in [0.2, 0.25) is 0 Å². The zero-order valence-electron chi connectivity index (χ0n) is 17.4. The van der Waals surface area contributed by atoms with E-state index >= 15 is 0 Å². The quantitative estimate of drug-likeness (QED) is 0.656. The lowest BCUT2D eigenvalue weighted by molar-refractivity contribution is -0.122. The lowest BCUT2D eigenvalue weighted by Gasteiger charge is -2.23. The van der Waals surface area contributed by atoms with Gasteiger partial charge in [0.2, 0.25) is 5.91 Å². The number of hydrogen-bond donors (Lipinski definition) is 1. The summed E-state index contributed by atoms with van der Waals surface area (Å²) < 4.78 is 7.08. The van der Waals surface area contributed by atoms with E-state index in [4.69, 9.17) is 9.72 Å². The largest absolute Gasteiger partial charge is 0.381 e. The smallest absolute Gasteiger partial charge is 0.280 e. The molecule has 0 saturated carbocycles. The van der Waals surface area contributed by atoms with Crippen LogP contribution in [-0.4, -0.2) is 46.2 Å². The fraction of sp³-hybridized carbons (Fsp3) is 0.455. The summed E-state index contributed by atoms with van der Waals surface area (Å²) in [5.74, 6) is 0.880. The van der Waals surface area contributed by atoms with Gasteiger partial charge in [-0.1, -0.05) is 41.7 Å². The molecule has 9 heteroatoms. The average Bonchev–Trinajstić information content (AvgIpc) is 3.55. The van der Waals surface area contributed by atoms with Crippen LogP contribution in [0.15, 0.2) is 35.1 Å². The lowest BCUT2D eigenvalue weighted by Crippen LogP contribution is -2.43. The van der Waals surface area contributed by atoms with E-state index in [0.29, 0.717) is 35.2 Å². The van der Waals surface area contributed by atoms with E-state index in [0.717, 1.165) is 37.2 Å². The van der Waals surface area contributed by atoms with Gasteiger partial charge in [-0.2, -0.15) is 0 Å². The first kappa shape index (κ1) is 20.1. The first-order valence-electron chi connectivity index (χ1n) is 10.7. The molecule has 1 aromatic carbocycles. The molecule has 2 saturated heterocycles. The van der Waals surface area contributed by atoms with Crippen molar-refractivity contribution in [1.29, 1.82) is 0 Å². The van der Waals surface area contributed by atoms with Gasteiger partial charge in [0.05, 0.1) is 6.61 Å². The van der Waals surface area contributed by atoms with E-state index in [9.17, 15) is 9.59 Å². The fourth-order valence-corrected chi connectivity index (χ4v) is 5.37. The van der Waals surface area contributed by atoms with E-state index in [-0.39, 0.29) is 23.4 Å². The number of rotatable bonds is 5. The minimum Gasteiger partial charge on any atom is -0.381 e. The van der Waals surface area contributed by atoms with Crippen molar-refractivity contribution in [2.24, 2.45) is 7.05 Å². The zero-order valence-corrected chi connectivity index (χ0v) is 18.2. The second-order valence-corrected chi connectivity index (χ2v) is 9.06. The summed E-state index contributed by atoms with van der Waals surface area (Å²) in [4.78, 5) is 37.9. The summed E-state index contributed by atoms with van der Waals surface area (Å²) in [6.07, 6.45) is 2.55. The molecule has 2 aliphatic heterocycles. The molecule has 2 fully saturated rings. The second kappa shape index (κ2) is 8.39. The van der Waals surface area contributed by atoms with Gasteiger partial charge in [-0.15, -0.1) is 0 Å². The van der Waals surface area contributed by atoms with Gasteiger partial charge in [0, 0.05) is 32.7 Å². The SMILES string of the molecule is Cn1c(C2CCOC2)nc2sc(N3CCCC3C(=O)NCc3ccccc3)nc2c1=O. The molecule has 2 atom stereocenters. The number of nitrogens with one attached hydrogen (secondary N) is 1. The van der Waals surface area contributed by atoms with Crippen LogP contribution in [0.5, 0.6) is 0 Å². The maximum absolute atomic E-state index is 12.9. The molecular weight excluding hydrogens is 414 g/mol. The number of thiazole rings is 1. The summed E-state index contributed by atoms with van der Waals surface area (Å²) in [5, 5.41) is 3.73. The van der Waals surface area contributed by atoms with Crippen LogP contribution in [0.1, 0.15) is 36.6 Å². The van der Waals surface area contributed by atoms with Crippen LogP contribution in [0, 0.1) is 0 Å². The summed E-state index contributed by atoms with van der Waals surface area (Å²) in [5.41, 5.74) is 1.30. The molecule has 0 spiro atoms. The van der Waals surface area contributed by atoms with Crippen molar-refractivity contribution in [3.05, 3.63) is 52.1 Å². The molecule has 3 aromatic rings. The highest BCUT2D eigenvalue weighted by Crippen LogP contribution is 2.33. The van der Waals surface area contributed by atoms with Gasteiger partial charge in [-0.3, -0.25) is 14.2 Å². The van der Waals surface area contributed by atoms with E-state index in [2.05, 4.69) is 10.3 Å². The standard InChI is InChI=1S/C22H25N5O3S/c1-26-18(15-9-11-30-13-15)25-20-17(21(26)29)24-22(31-20)27-10-5-8-16(27)19(28)23-12-14-6-3-2-4-7-14/h2-4,6-7,15-16H,5,8-13H2,1H3,(H,23,28). The molecule has 5 rings (SSSR count). The van der Waals surface area contributed by atoms with Gasteiger partial charge in [-0.05, 0) is 24.8 Å². The third-order valence-corrected chi connectivity index (χ3v) is 7.06. The second-order valence-electron chi connectivity index (χ2n) is 8.10. The van der Waals surface area contributed by atoms with Gasteiger partial charge in [0.15, 0.2) is 15.5 Å². The fourth-order valence-electron chi connectivity index (χ4n) is 4.36. The van der Waals surface area contributed by atoms with Crippen LogP contribution < -0.4 is 15.8 Å². The van der Waals surface area contributed by atoms with Crippen molar-refractivity contribution in [2.45, 2.75) is 37.8 Å². The molecule has 0 radical (unpaired) electrons. The van der Waals surface area contributed by atoms with Gasteiger partial charge >= 0.3 is 0 Å². The molecule has 1 N–H and O–H groups in total. The Morgan fingerprint density at radius 2 is 2.10 bits per heavy atom. The Labute approximate surface area is 183 Å². The molecule has 2 unspecified atom stereocenters. The predicted octanol–water partition coefficient (Wildman–Crippen LogP) is 2.18. The van der Waals surface area contributed by atoms with Crippen molar-refractivity contribution in [2.75, 3.05) is 24.7 Å². The molecular formula is C22H25N5O3S. The van der Waals surface area contributed by atoms with Gasteiger partial charge in [0.1, 0.15) is 11.9 Å². The number of benzene rings is 1. The van der Waals surface area contributed by atoms with Crippen LogP contribution in [0.3, 0.4) is 0 Å². The average molecular weight is 440 g/mol. The van der Waals surface area contributed by atoms with E-state index in [1.165, 1.54) is 11.3 Å². The van der Waals surface area contributed by atoms with E-state index in [1.54, 1.807) is 11.6 Å². The van der Waals surface area contributed by atoms with Crippen molar-refractivity contribution in [3.8, 4) is 0 Å². The Morgan fingerprint density at radius 1 is 1.26 bits per heavy atom. The molecule has 31 heavy (non-hydrogen) atoms. The molecule has 2 aliphatic rings. The number of ether oxygens (including phenoxy) is 1. The monoisotopic (exact) mass is 439 g/mol. The van der Waals surface area contributed by atoms with Gasteiger partial charge in [0.25, 0.3) is 5.56 Å². The predicted molar refractivity (Wildman–Crippen MR) is 119 cm³/mol. The Hall–Kier alpha value is -2.78. The third kappa shape index (κ3) is 3.83. The van der Waals surface area contributed by atoms with E-state index < -0.39 is 0 Å². The van der Waals surface area contributed by atoms with Crippen molar-refractivity contribution in [1.82, 2.24) is 19.9 Å². The summed E-state index contributed by atoms with van der Waals surface area (Å²) in [6.45, 7) is 2.53. The highest BCUT2D eigenvalue weighted by atomic mass is 32.1.